The van der Waals surface area contributed by atoms with Crippen LogP contribution in [-0.2, 0) is 6.54 Å². The van der Waals surface area contributed by atoms with E-state index in [9.17, 15) is 9.90 Å². The molecule has 0 bridgehead atoms. The third-order valence-corrected chi connectivity index (χ3v) is 4.10. The summed E-state index contributed by atoms with van der Waals surface area (Å²) in [7, 11) is 0. The van der Waals surface area contributed by atoms with Gasteiger partial charge in [0.2, 0.25) is 0 Å². The molecule has 0 amide bonds. The van der Waals surface area contributed by atoms with Gasteiger partial charge in [0.25, 0.3) is 0 Å². The molecule has 1 aromatic carbocycles. The Labute approximate surface area is 126 Å². The van der Waals surface area contributed by atoms with E-state index >= 15 is 0 Å². The number of carboxylic acid groups (broad SMARTS) is 1. The molecule has 1 aliphatic rings. The molecule has 0 atom stereocenters. The highest BCUT2D eigenvalue weighted by atomic mass is 16.4. The number of carboxylic acids is 1. The Balaban J connectivity index is 1.82. The maximum Gasteiger partial charge on any atom is 0.335 e. The first kappa shape index (κ1) is 16.0. The minimum Gasteiger partial charge on any atom is -0.478 e. The van der Waals surface area contributed by atoms with Crippen molar-refractivity contribution in [3.8, 4) is 0 Å². The summed E-state index contributed by atoms with van der Waals surface area (Å²) in [6.07, 6.45) is 3.11. The number of likely N-dealkylation sites (tertiary alicyclic amines) is 1. The summed E-state index contributed by atoms with van der Waals surface area (Å²) in [5.41, 5.74) is 0.919. The van der Waals surface area contributed by atoms with Gasteiger partial charge in [-0.05, 0) is 69.8 Å². The number of nitrogens with zero attached hydrogens (tertiary/aromatic N) is 1. The normalized spacial score (nSPS) is 17.9. The molecule has 0 spiro atoms. The van der Waals surface area contributed by atoms with Gasteiger partial charge in [0.1, 0.15) is 0 Å². The van der Waals surface area contributed by atoms with Gasteiger partial charge in [0.15, 0.2) is 0 Å². The highest BCUT2D eigenvalue weighted by molar-refractivity contribution is 5.87. The highest BCUT2D eigenvalue weighted by Crippen LogP contribution is 2.26. The quantitative estimate of drug-likeness (QED) is 0.875. The molecule has 1 aromatic rings. The molecule has 0 saturated carbocycles. The van der Waals surface area contributed by atoms with Crippen molar-refractivity contribution in [1.29, 1.82) is 0 Å². The smallest absolute Gasteiger partial charge is 0.335 e. The third kappa shape index (κ3) is 5.14. The Bertz CT molecular complexity index is 468. The summed E-state index contributed by atoms with van der Waals surface area (Å²) in [4.78, 5) is 13.2. The summed E-state index contributed by atoms with van der Waals surface area (Å²) < 4.78 is 0. The van der Waals surface area contributed by atoms with Crippen molar-refractivity contribution in [2.45, 2.75) is 45.3 Å². The number of hydrogen-bond donors (Lipinski definition) is 2. The molecule has 21 heavy (non-hydrogen) atoms. The lowest BCUT2D eigenvalue weighted by Gasteiger charge is -2.34. The van der Waals surface area contributed by atoms with Gasteiger partial charge in [-0.25, -0.2) is 4.79 Å². The Hall–Kier alpha value is -1.39. The Morgan fingerprint density at radius 3 is 2.29 bits per heavy atom. The van der Waals surface area contributed by atoms with E-state index < -0.39 is 11.6 Å². The van der Waals surface area contributed by atoms with Gasteiger partial charge in [-0.15, -0.1) is 0 Å². The van der Waals surface area contributed by atoms with Crippen molar-refractivity contribution >= 4 is 5.97 Å². The average Bonchev–Trinajstić information content (AvgIpc) is 2.40. The van der Waals surface area contributed by atoms with E-state index in [0.29, 0.717) is 11.5 Å². The van der Waals surface area contributed by atoms with E-state index in [-0.39, 0.29) is 0 Å². The van der Waals surface area contributed by atoms with Crippen LogP contribution in [0.5, 0.6) is 0 Å². The van der Waals surface area contributed by atoms with Gasteiger partial charge in [0.05, 0.1) is 11.2 Å². The molecule has 0 unspecified atom stereocenters. The molecule has 116 valence electrons. The lowest BCUT2D eigenvalue weighted by Crippen LogP contribution is -2.35. The standard InChI is InChI=1S/C17H25NO3/c1-17(2,21)11-13-7-9-18(10-8-13)12-14-3-5-15(6-4-14)16(19)20/h3-6,13,21H,7-12H2,1-2H3,(H,19,20). The topological polar surface area (TPSA) is 60.8 Å². The number of carbonyl (C=O) groups is 1. The fourth-order valence-electron chi connectivity index (χ4n) is 3.07. The maximum absolute atomic E-state index is 10.8. The summed E-state index contributed by atoms with van der Waals surface area (Å²) in [5.74, 6) is -0.274. The zero-order valence-corrected chi connectivity index (χ0v) is 12.9. The lowest BCUT2D eigenvalue weighted by atomic mass is 9.86. The van der Waals surface area contributed by atoms with Crippen LogP contribution in [0.1, 0.15) is 49.0 Å². The average molecular weight is 291 g/mol. The van der Waals surface area contributed by atoms with Crippen LogP contribution in [0.3, 0.4) is 0 Å². The number of aromatic carboxylic acids is 1. The second kappa shape index (κ2) is 6.58. The van der Waals surface area contributed by atoms with Crippen molar-refractivity contribution < 1.29 is 15.0 Å². The first-order chi connectivity index (χ1) is 9.83. The van der Waals surface area contributed by atoms with Crippen LogP contribution in [0.15, 0.2) is 24.3 Å². The first-order valence-corrected chi connectivity index (χ1v) is 7.60. The molecular weight excluding hydrogens is 266 g/mol. The SMILES string of the molecule is CC(C)(O)CC1CCN(Cc2ccc(C(=O)O)cc2)CC1. The molecule has 4 heteroatoms. The molecule has 0 aliphatic carbocycles. The maximum atomic E-state index is 10.8. The molecular formula is C17H25NO3. The Kier molecular flexibility index (Phi) is 5.01. The minimum atomic E-state index is -0.881. The van der Waals surface area contributed by atoms with Gasteiger partial charge < -0.3 is 10.2 Å². The minimum absolute atomic E-state index is 0.336. The molecule has 1 fully saturated rings. The van der Waals surface area contributed by atoms with E-state index in [2.05, 4.69) is 4.90 Å². The fourth-order valence-corrected chi connectivity index (χ4v) is 3.07. The van der Waals surface area contributed by atoms with Crippen molar-refractivity contribution in [1.82, 2.24) is 4.90 Å². The number of aliphatic hydroxyl groups is 1. The van der Waals surface area contributed by atoms with Crippen molar-refractivity contribution in [2.24, 2.45) is 5.92 Å². The van der Waals surface area contributed by atoms with Crippen LogP contribution in [0.25, 0.3) is 0 Å². The first-order valence-electron chi connectivity index (χ1n) is 7.60. The van der Waals surface area contributed by atoms with Crippen LogP contribution in [0, 0.1) is 5.92 Å². The lowest BCUT2D eigenvalue weighted by molar-refractivity contribution is 0.0368. The summed E-state index contributed by atoms with van der Waals surface area (Å²) >= 11 is 0. The number of benzene rings is 1. The molecule has 1 saturated heterocycles. The van der Waals surface area contributed by atoms with Gasteiger partial charge in [-0.2, -0.15) is 0 Å². The second-order valence-corrected chi connectivity index (χ2v) is 6.74. The molecule has 1 heterocycles. The number of rotatable bonds is 5. The van der Waals surface area contributed by atoms with Crippen LogP contribution >= 0.6 is 0 Å². The molecule has 1 aliphatic heterocycles. The molecule has 2 rings (SSSR count). The Morgan fingerprint density at radius 2 is 1.81 bits per heavy atom. The summed E-state index contributed by atoms with van der Waals surface area (Å²) in [5, 5.41) is 18.8. The van der Waals surface area contributed by atoms with E-state index in [1.807, 2.05) is 26.0 Å². The zero-order chi connectivity index (χ0) is 15.5. The Morgan fingerprint density at radius 1 is 1.24 bits per heavy atom. The van der Waals surface area contributed by atoms with E-state index in [0.717, 1.165) is 44.5 Å². The highest BCUT2D eigenvalue weighted by Gasteiger charge is 2.24. The third-order valence-electron chi connectivity index (χ3n) is 4.10. The largest absolute Gasteiger partial charge is 0.478 e. The van der Waals surface area contributed by atoms with Crippen LogP contribution < -0.4 is 0 Å². The van der Waals surface area contributed by atoms with Gasteiger partial charge in [0, 0.05) is 6.54 Å². The predicted octanol–water partition coefficient (Wildman–Crippen LogP) is 2.76. The van der Waals surface area contributed by atoms with E-state index in [4.69, 9.17) is 5.11 Å². The van der Waals surface area contributed by atoms with Crippen LogP contribution in [0.2, 0.25) is 0 Å². The van der Waals surface area contributed by atoms with Crippen LogP contribution in [0.4, 0.5) is 0 Å². The van der Waals surface area contributed by atoms with Gasteiger partial charge in [-0.1, -0.05) is 12.1 Å². The fraction of sp³-hybridized carbons (Fsp3) is 0.588. The van der Waals surface area contributed by atoms with E-state index in [1.165, 1.54) is 0 Å². The van der Waals surface area contributed by atoms with Crippen molar-refractivity contribution in [3.05, 3.63) is 35.4 Å². The molecule has 2 N–H and O–H groups in total. The van der Waals surface area contributed by atoms with Crippen LogP contribution in [-0.4, -0.2) is 39.8 Å². The molecule has 0 radical (unpaired) electrons. The predicted molar refractivity (Wildman–Crippen MR) is 82.3 cm³/mol. The molecule has 0 aromatic heterocycles. The monoisotopic (exact) mass is 291 g/mol. The second-order valence-electron chi connectivity index (χ2n) is 6.74. The van der Waals surface area contributed by atoms with Crippen molar-refractivity contribution in [2.75, 3.05) is 13.1 Å². The summed E-state index contributed by atoms with van der Waals surface area (Å²) in [6, 6.07) is 7.12. The molecule has 4 nitrogen and oxygen atoms in total. The van der Waals surface area contributed by atoms with Gasteiger partial charge >= 0.3 is 5.97 Å². The zero-order valence-electron chi connectivity index (χ0n) is 12.9. The number of piperidine rings is 1. The summed E-state index contributed by atoms with van der Waals surface area (Å²) in [6.45, 7) is 6.71. The van der Waals surface area contributed by atoms with Crippen molar-refractivity contribution in [3.63, 3.8) is 0 Å². The number of hydrogen-bond acceptors (Lipinski definition) is 3. The van der Waals surface area contributed by atoms with Gasteiger partial charge in [-0.3, -0.25) is 4.90 Å². The van der Waals surface area contributed by atoms with E-state index in [1.54, 1.807) is 12.1 Å².